The molecule has 1 saturated heterocycles. The first kappa shape index (κ1) is 14.5. The zero-order valence-electron chi connectivity index (χ0n) is 11.9. The first-order valence-electron chi connectivity index (χ1n) is 6.60. The molecule has 0 aliphatic carbocycles. The Labute approximate surface area is 119 Å². The van der Waals surface area contributed by atoms with E-state index in [4.69, 9.17) is 4.74 Å². The Balaban J connectivity index is 2.23. The lowest BCUT2D eigenvalue weighted by Gasteiger charge is -2.44. The van der Waals surface area contributed by atoms with Gasteiger partial charge in [0.25, 0.3) is 0 Å². The highest BCUT2D eigenvalue weighted by Crippen LogP contribution is 2.41. The second-order valence-corrected chi connectivity index (χ2v) is 7.08. The molecule has 0 spiro atoms. The van der Waals surface area contributed by atoms with Gasteiger partial charge in [-0.2, -0.15) is 11.8 Å². The lowest BCUT2D eigenvalue weighted by atomic mass is 9.80. The standard InChI is InChI=1S/C15H23NO2S/c1-14(2)8-15(9-17,11-19-10-14)16-12-6-4-5-7-13(12)18-3/h4-7,16-17H,8-11H2,1-3H3. The topological polar surface area (TPSA) is 41.5 Å². The van der Waals surface area contributed by atoms with E-state index in [2.05, 4.69) is 19.2 Å². The second-order valence-electron chi connectivity index (χ2n) is 6.10. The van der Waals surface area contributed by atoms with E-state index in [0.29, 0.717) is 0 Å². The van der Waals surface area contributed by atoms with E-state index in [1.54, 1.807) is 7.11 Å². The molecule has 3 nitrogen and oxygen atoms in total. The van der Waals surface area contributed by atoms with Crippen LogP contribution in [-0.4, -0.2) is 35.9 Å². The number of aliphatic hydroxyl groups is 1. The van der Waals surface area contributed by atoms with Gasteiger partial charge in [-0.3, -0.25) is 0 Å². The first-order chi connectivity index (χ1) is 9.00. The summed E-state index contributed by atoms with van der Waals surface area (Å²) < 4.78 is 5.38. The molecule has 2 N–H and O–H groups in total. The summed E-state index contributed by atoms with van der Waals surface area (Å²) in [6.45, 7) is 4.66. The zero-order valence-corrected chi connectivity index (χ0v) is 12.7. The molecule has 0 aromatic heterocycles. The number of anilines is 1. The lowest BCUT2D eigenvalue weighted by Crippen LogP contribution is -2.51. The minimum absolute atomic E-state index is 0.140. The van der Waals surface area contributed by atoms with E-state index in [9.17, 15) is 5.11 Å². The van der Waals surface area contributed by atoms with Crippen molar-refractivity contribution in [1.82, 2.24) is 0 Å². The molecule has 1 aliphatic heterocycles. The van der Waals surface area contributed by atoms with Gasteiger partial charge in [-0.15, -0.1) is 0 Å². The van der Waals surface area contributed by atoms with E-state index < -0.39 is 0 Å². The van der Waals surface area contributed by atoms with Crippen molar-refractivity contribution in [2.45, 2.75) is 25.8 Å². The van der Waals surface area contributed by atoms with Crippen LogP contribution in [0.5, 0.6) is 5.75 Å². The largest absolute Gasteiger partial charge is 0.495 e. The van der Waals surface area contributed by atoms with Gasteiger partial charge in [0.2, 0.25) is 0 Å². The summed E-state index contributed by atoms with van der Waals surface area (Å²) in [5.41, 5.74) is 0.930. The number of benzene rings is 1. The van der Waals surface area contributed by atoms with Crippen molar-refractivity contribution >= 4 is 17.4 Å². The Morgan fingerprint density at radius 1 is 1.32 bits per heavy atom. The molecule has 19 heavy (non-hydrogen) atoms. The van der Waals surface area contributed by atoms with Crippen LogP contribution in [0.25, 0.3) is 0 Å². The minimum Gasteiger partial charge on any atom is -0.495 e. The minimum atomic E-state index is -0.263. The molecule has 106 valence electrons. The molecule has 0 radical (unpaired) electrons. The highest BCUT2D eigenvalue weighted by Gasteiger charge is 2.40. The van der Waals surface area contributed by atoms with Crippen LogP contribution in [0.2, 0.25) is 0 Å². The fourth-order valence-corrected chi connectivity index (χ4v) is 4.21. The monoisotopic (exact) mass is 281 g/mol. The molecule has 1 heterocycles. The van der Waals surface area contributed by atoms with Crippen molar-refractivity contribution in [3.8, 4) is 5.75 Å². The number of hydrogen-bond acceptors (Lipinski definition) is 4. The normalized spacial score (nSPS) is 25.9. The number of rotatable bonds is 4. The van der Waals surface area contributed by atoms with Crippen LogP contribution in [0.3, 0.4) is 0 Å². The van der Waals surface area contributed by atoms with Crippen LogP contribution in [0.15, 0.2) is 24.3 Å². The first-order valence-corrected chi connectivity index (χ1v) is 7.76. The molecule has 1 fully saturated rings. The van der Waals surface area contributed by atoms with Gasteiger partial charge in [0, 0.05) is 5.75 Å². The van der Waals surface area contributed by atoms with Crippen LogP contribution in [0.4, 0.5) is 5.69 Å². The van der Waals surface area contributed by atoms with Crippen molar-refractivity contribution in [3.05, 3.63) is 24.3 Å². The summed E-state index contributed by atoms with van der Waals surface area (Å²) in [5.74, 6) is 2.89. The van der Waals surface area contributed by atoms with E-state index in [1.807, 2.05) is 36.0 Å². The third-order valence-corrected chi connectivity index (χ3v) is 5.24. The third-order valence-electron chi connectivity index (χ3n) is 3.50. The Bertz CT molecular complexity index is 436. The molecular weight excluding hydrogens is 258 g/mol. The maximum absolute atomic E-state index is 9.88. The fraction of sp³-hybridized carbons (Fsp3) is 0.600. The number of thioether (sulfide) groups is 1. The van der Waals surface area contributed by atoms with Gasteiger partial charge in [0.05, 0.1) is 24.9 Å². The lowest BCUT2D eigenvalue weighted by molar-refractivity contribution is 0.174. The van der Waals surface area contributed by atoms with Crippen LogP contribution in [0.1, 0.15) is 20.3 Å². The quantitative estimate of drug-likeness (QED) is 0.890. The highest BCUT2D eigenvalue weighted by atomic mass is 32.2. The van der Waals surface area contributed by atoms with Crippen LogP contribution in [-0.2, 0) is 0 Å². The maximum Gasteiger partial charge on any atom is 0.141 e. The molecule has 0 amide bonds. The van der Waals surface area contributed by atoms with Gasteiger partial charge < -0.3 is 15.2 Å². The van der Waals surface area contributed by atoms with Gasteiger partial charge in [-0.1, -0.05) is 26.0 Å². The van der Waals surface area contributed by atoms with E-state index >= 15 is 0 Å². The summed E-state index contributed by atoms with van der Waals surface area (Å²) >= 11 is 1.90. The van der Waals surface area contributed by atoms with Gasteiger partial charge in [0.1, 0.15) is 5.75 Å². The summed E-state index contributed by atoms with van der Waals surface area (Å²) in [6, 6.07) is 7.88. The summed E-state index contributed by atoms with van der Waals surface area (Å²) in [6.07, 6.45) is 0.960. The van der Waals surface area contributed by atoms with Gasteiger partial charge in [0.15, 0.2) is 0 Å². The molecule has 1 aromatic carbocycles. The molecule has 1 unspecified atom stereocenters. The SMILES string of the molecule is COc1ccccc1NC1(CO)CSCC(C)(C)C1. The van der Waals surface area contributed by atoms with Gasteiger partial charge in [-0.25, -0.2) is 0 Å². The van der Waals surface area contributed by atoms with Crippen molar-refractivity contribution < 1.29 is 9.84 Å². The van der Waals surface area contributed by atoms with Crippen LogP contribution >= 0.6 is 11.8 Å². The van der Waals surface area contributed by atoms with Gasteiger partial charge in [-0.05, 0) is 29.7 Å². The Morgan fingerprint density at radius 2 is 2.05 bits per heavy atom. The third kappa shape index (κ3) is 3.37. The van der Waals surface area contributed by atoms with Crippen LogP contribution < -0.4 is 10.1 Å². The molecular formula is C15H23NO2S. The molecule has 1 aliphatic rings. The van der Waals surface area contributed by atoms with Crippen molar-refractivity contribution in [2.24, 2.45) is 5.41 Å². The molecule has 0 saturated carbocycles. The predicted molar refractivity (Wildman–Crippen MR) is 82.2 cm³/mol. The Kier molecular flexibility index (Phi) is 4.31. The Hall–Kier alpha value is -0.870. The van der Waals surface area contributed by atoms with E-state index in [0.717, 1.165) is 29.4 Å². The van der Waals surface area contributed by atoms with E-state index in [1.165, 1.54) is 0 Å². The average molecular weight is 281 g/mol. The molecule has 0 bridgehead atoms. The second kappa shape index (κ2) is 5.63. The van der Waals surface area contributed by atoms with E-state index in [-0.39, 0.29) is 17.6 Å². The number of para-hydroxylation sites is 2. The summed E-state index contributed by atoms with van der Waals surface area (Å²) in [4.78, 5) is 0. The highest BCUT2D eigenvalue weighted by molar-refractivity contribution is 7.99. The van der Waals surface area contributed by atoms with Crippen molar-refractivity contribution in [3.63, 3.8) is 0 Å². The fourth-order valence-electron chi connectivity index (χ4n) is 2.80. The van der Waals surface area contributed by atoms with Crippen LogP contribution in [0, 0.1) is 5.41 Å². The molecule has 2 rings (SSSR count). The zero-order chi connectivity index (χ0) is 13.9. The summed E-state index contributed by atoms with van der Waals surface area (Å²) in [7, 11) is 1.67. The van der Waals surface area contributed by atoms with Gasteiger partial charge >= 0.3 is 0 Å². The van der Waals surface area contributed by atoms with Crippen molar-refractivity contribution in [1.29, 1.82) is 0 Å². The maximum atomic E-state index is 9.88. The Morgan fingerprint density at radius 3 is 2.68 bits per heavy atom. The number of nitrogens with one attached hydrogen (secondary N) is 1. The average Bonchev–Trinajstić information content (AvgIpc) is 2.38. The molecule has 1 atom stereocenters. The molecule has 4 heteroatoms. The number of hydrogen-bond donors (Lipinski definition) is 2. The molecule has 1 aromatic rings. The smallest absolute Gasteiger partial charge is 0.141 e. The number of ether oxygens (including phenoxy) is 1. The van der Waals surface area contributed by atoms with Crippen molar-refractivity contribution in [2.75, 3.05) is 30.5 Å². The predicted octanol–water partition coefficient (Wildman–Crippen LogP) is 3.00. The number of methoxy groups -OCH3 is 1. The summed E-state index contributed by atoms with van der Waals surface area (Å²) in [5, 5.41) is 13.4. The number of aliphatic hydroxyl groups excluding tert-OH is 1.